The summed E-state index contributed by atoms with van der Waals surface area (Å²) < 4.78 is 9.48. The quantitative estimate of drug-likeness (QED) is 0.137. The molecule has 0 aliphatic carbocycles. The van der Waals surface area contributed by atoms with Gasteiger partial charge in [0.05, 0.1) is 55.5 Å². The molecule has 19 rings (SSSR count). The fraction of sp³-hybridized carbons (Fsp3) is 0.0435. The first-order valence-electron chi connectivity index (χ1n) is 33.8. The Labute approximate surface area is 567 Å². The molecular weight excluding hydrogens is 1190 g/mol. The molecule has 0 N–H and O–H groups in total. The average molecular weight is 1250 g/mol. The van der Waals surface area contributed by atoms with E-state index in [1.807, 2.05) is 0 Å². The maximum atomic E-state index is 5.88. The van der Waals surface area contributed by atoms with Crippen LogP contribution >= 0.6 is 0 Å². The van der Waals surface area contributed by atoms with Crippen LogP contribution in [0.5, 0.6) is 0 Å². The molecule has 0 spiro atoms. The second-order valence-electron chi connectivity index (χ2n) is 26.5. The zero-order valence-corrected chi connectivity index (χ0v) is 54.7. The summed E-state index contributed by atoms with van der Waals surface area (Å²) in [7, 11) is 0. The first-order chi connectivity index (χ1) is 48.2. The highest BCUT2D eigenvalue weighted by molar-refractivity contribution is 6.15. The molecule has 0 aliphatic rings. The van der Waals surface area contributed by atoms with Crippen LogP contribution in [-0.4, -0.2) is 28.2 Å². The number of fused-ring (bicyclic) bond motifs is 12. The van der Waals surface area contributed by atoms with Gasteiger partial charge in [0.2, 0.25) is 5.95 Å². The van der Waals surface area contributed by atoms with E-state index in [1.165, 1.54) is 87.8 Å². The number of benzene rings is 14. The average Bonchev–Trinajstić information content (AvgIpc) is 1.45. The first kappa shape index (κ1) is 56.9. The lowest BCUT2D eigenvalue weighted by molar-refractivity contribution is 0.995. The van der Waals surface area contributed by atoms with Crippen LogP contribution < -0.4 is 0 Å². The Bertz CT molecular complexity index is 6360. The van der Waals surface area contributed by atoms with Gasteiger partial charge < -0.3 is 13.7 Å². The van der Waals surface area contributed by atoms with Gasteiger partial charge in [-0.3, -0.25) is 4.57 Å². The normalized spacial score (nSPS) is 11.9. The molecule has 6 heteroatoms. The Morgan fingerprint density at radius 3 is 0.949 bits per heavy atom. The van der Waals surface area contributed by atoms with Crippen molar-refractivity contribution < 1.29 is 0 Å². The molecule has 6 nitrogen and oxygen atoms in total. The predicted octanol–water partition coefficient (Wildman–Crippen LogP) is 24.1. The molecule has 0 saturated heterocycles. The fourth-order valence-electron chi connectivity index (χ4n) is 16.0. The summed E-state index contributed by atoms with van der Waals surface area (Å²) in [5, 5.41) is 9.54. The van der Waals surface area contributed by atoms with E-state index in [9.17, 15) is 0 Å². The third-order valence-corrected chi connectivity index (χ3v) is 20.1. The molecule has 0 amide bonds. The zero-order valence-electron chi connectivity index (χ0n) is 54.7. The second kappa shape index (κ2) is 22.5. The third kappa shape index (κ3) is 9.24. The SMILES string of the molecule is Cc1cc(C)cc(-c2cccc(-c3cc(C)cc(C)c3)c2-c2cc(-c3cccc(-n4c5ccccc5c5cc(-c6ccc7c(c6)c6ccccc6n7-c6ccccc6)ccc54)c3)nc(-n3c4ccccc4c4cc(-c5ccc6c(c5)c5ccccc5n6-c5ccccc5)ccc43)n2)c1. The maximum absolute atomic E-state index is 5.88. The van der Waals surface area contributed by atoms with Gasteiger partial charge in [-0.25, -0.2) is 9.97 Å². The van der Waals surface area contributed by atoms with Gasteiger partial charge >= 0.3 is 0 Å². The molecule has 5 heterocycles. The number of aryl methyl sites for hydroxylation is 4. The van der Waals surface area contributed by atoms with E-state index >= 15 is 0 Å². The maximum Gasteiger partial charge on any atom is 0.235 e. The zero-order chi connectivity index (χ0) is 65.3. The van der Waals surface area contributed by atoms with Crippen LogP contribution in [0.4, 0.5) is 0 Å². The van der Waals surface area contributed by atoms with Gasteiger partial charge in [0, 0.05) is 71.3 Å². The molecule has 0 saturated carbocycles. The lowest BCUT2D eigenvalue weighted by Gasteiger charge is -2.19. The van der Waals surface area contributed by atoms with Crippen molar-refractivity contribution >= 4 is 87.2 Å². The molecule has 0 atom stereocenters. The third-order valence-electron chi connectivity index (χ3n) is 20.1. The summed E-state index contributed by atoms with van der Waals surface area (Å²) in [5.74, 6) is 0.589. The lowest BCUT2D eigenvalue weighted by atomic mass is 9.87. The van der Waals surface area contributed by atoms with E-state index in [0.717, 1.165) is 106 Å². The Hall–Kier alpha value is -12.6. The van der Waals surface area contributed by atoms with Crippen molar-refractivity contribution in [1.82, 2.24) is 28.2 Å². The Morgan fingerprint density at radius 2 is 0.531 bits per heavy atom. The Kier molecular flexibility index (Phi) is 13.1. The van der Waals surface area contributed by atoms with Gasteiger partial charge in [0.15, 0.2) is 0 Å². The molecule has 98 heavy (non-hydrogen) atoms. The summed E-state index contributed by atoms with van der Waals surface area (Å²) in [6.07, 6.45) is 0. The van der Waals surface area contributed by atoms with Crippen molar-refractivity contribution in [1.29, 1.82) is 0 Å². The monoisotopic (exact) mass is 1250 g/mol. The summed E-state index contributed by atoms with van der Waals surface area (Å²) in [4.78, 5) is 11.7. The highest BCUT2D eigenvalue weighted by atomic mass is 15.2. The molecule has 0 radical (unpaired) electrons. The summed E-state index contributed by atoms with van der Waals surface area (Å²) in [6, 6.07) is 116. The molecular formula is C92H64N6. The number of aromatic nitrogens is 6. The van der Waals surface area contributed by atoms with Gasteiger partial charge in [-0.1, -0.05) is 222 Å². The smallest absolute Gasteiger partial charge is 0.235 e. The van der Waals surface area contributed by atoms with Crippen molar-refractivity contribution in [2.24, 2.45) is 0 Å². The van der Waals surface area contributed by atoms with Crippen LogP contribution in [0.2, 0.25) is 0 Å². The summed E-state index contributed by atoms with van der Waals surface area (Å²) >= 11 is 0. The van der Waals surface area contributed by atoms with E-state index in [2.05, 4.69) is 361 Å². The van der Waals surface area contributed by atoms with Crippen LogP contribution in [0, 0.1) is 27.7 Å². The van der Waals surface area contributed by atoms with Crippen LogP contribution in [0.15, 0.2) is 315 Å². The minimum atomic E-state index is 0.589. The number of rotatable bonds is 10. The predicted molar refractivity (Wildman–Crippen MR) is 411 cm³/mol. The minimum absolute atomic E-state index is 0.589. The van der Waals surface area contributed by atoms with E-state index in [1.54, 1.807) is 0 Å². The molecule has 0 bridgehead atoms. The standard InChI is InChI=1S/C92H64N6/c1-57-45-58(2)48-66(47-57)71-31-20-32-72(67-49-59(3)46-60(4)50-67)91(71)82-56-81(93-92(94-82)98-86-36-18-14-30-76(86)80-55-64(40-44-90(80)98)62-38-42-88-78(53-62)74-28-12-16-34-84(74)96(88)69-24-9-6-10-25-69)65-21-19-26-70(51-65)97-85-35-17-13-29-75(85)79-54-63(39-43-89(79)97)61-37-41-87-77(52-61)73-27-11-15-33-83(73)95(87)68-22-7-5-8-23-68/h5-56H,1-4H3. The van der Waals surface area contributed by atoms with E-state index < -0.39 is 0 Å². The Morgan fingerprint density at radius 1 is 0.204 bits per heavy atom. The fourth-order valence-corrected chi connectivity index (χ4v) is 16.0. The summed E-state index contributed by atoms with van der Waals surface area (Å²) in [6.45, 7) is 8.77. The van der Waals surface area contributed by atoms with Gasteiger partial charge in [0.25, 0.3) is 0 Å². The molecule has 0 unspecified atom stereocenters. The van der Waals surface area contributed by atoms with Crippen LogP contribution in [0.25, 0.3) is 177 Å². The second-order valence-corrected chi connectivity index (χ2v) is 26.5. The highest BCUT2D eigenvalue weighted by Crippen LogP contribution is 2.45. The highest BCUT2D eigenvalue weighted by Gasteiger charge is 2.24. The van der Waals surface area contributed by atoms with Crippen molar-refractivity contribution in [3.63, 3.8) is 0 Å². The van der Waals surface area contributed by atoms with Gasteiger partial charge in [-0.05, 0) is 187 Å². The topological polar surface area (TPSA) is 45.5 Å². The first-order valence-corrected chi connectivity index (χ1v) is 33.8. The van der Waals surface area contributed by atoms with E-state index in [-0.39, 0.29) is 0 Å². The lowest BCUT2D eigenvalue weighted by Crippen LogP contribution is -2.05. The van der Waals surface area contributed by atoms with Crippen LogP contribution in [0.1, 0.15) is 22.3 Å². The van der Waals surface area contributed by atoms with Crippen molar-refractivity contribution in [2.75, 3.05) is 0 Å². The number of nitrogens with zero attached hydrogens (tertiary/aromatic N) is 6. The van der Waals surface area contributed by atoms with Gasteiger partial charge in [0.1, 0.15) is 0 Å². The molecule has 0 fully saturated rings. The molecule has 19 aromatic rings. The minimum Gasteiger partial charge on any atom is -0.309 e. The van der Waals surface area contributed by atoms with E-state index in [0.29, 0.717) is 5.95 Å². The Balaban J connectivity index is 0.801. The van der Waals surface area contributed by atoms with E-state index in [4.69, 9.17) is 9.97 Å². The number of hydrogen-bond acceptors (Lipinski definition) is 2. The van der Waals surface area contributed by atoms with Crippen LogP contribution in [0.3, 0.4) is 0 Å². The van der Waals surface area contributed by atoms with Gasteiger partial charge in [-0.2, -0.15) is 0 Å². The number of para-hydroxylation sites is 6. The molecule has 462 valence electrons. The molecule has 14 aromatic carbocycles. The van der Waals surface area contributed by atoms with Crippen LogP contribution in [-0.2, 0) is 0 Å². The van der Waals surface area contributed by atoms with Gasteiger partial charge in [-0.15, -0.1) is 0 Å². The summed E-state index contributed by atoms with van der Waals surface area (Å²) in [5.41, 5.74) is 30.0. The van der Waals surface area contributed by atoms with Crippen molar-refractivity contribution in [3.8, 4) is 90.0 Å². The van der Waals surface area contributed by atoms with Crippen molar-refractivity contribution in [2.45, 2.75) is 27.7 Å². The molecule has 5 aromatic heterocycles. The molecule has 0 aliphatic heterocycles. The van der Waals surface area contributed by atoms with Crippen molar-refractivity contribution in [3.05, 3.63) is 338 Å². The largest absolute Gasteiger partial charge is 0.309 e. The number of hydrogen-bond donors (Lipinski definition) is 0.